The lowest BCUT2D eigenvalue weighted by Crippen LogP contribution is -2.05. The quantitative estimate of drug-likeness (QED) is 0.920. The van der Waals surface area contributed by atoms with Crippen LogP contribution in [0.1, 0.15) is 31.1 Å². The van der Waals surface area contributed by atoms with Gasteiger partial charge in [0.2, 0.25) is 0 Å². The van der Waals surface area contributed by atoms with Gasteiger partial charge in [0.05, 0.1) is 6.20 Å². The van der Waals surface area contributed by atoms with Crippen LogP contribution in [0.4, 0.5) is 0 Å². The van der Waals surface area contributed by atoms with Gasteiger partial charge in [0.15, 0.2) is 0 Å². The molecule has 18 heavy (non-hydrogen) atoms. The number of hydrogen-bond acceptors (Lipinski definition) is 2. The number of aromatic nitrogens is 2. The Labute approximate surface area is 113 Å². The zero-order valence-corrected chi connectivity index (χ0v) is 11.7. The fraction of sp³-hybridized carbons (Fsp3) is 0.357. The second-order valence-corrected chi connectivity index (χ2v) is 4.89. The first-order valence-corrected chi connectivity index (χ1v) is 6.50. The average Bonchev–Trinajstić information content (AvgIpc) is 2.69. The van der Waals surface area contributed by atoms with Crippen molar-refractivity contribution in [3.8, 4) is 11.1 Å². The van der Waals surface area contributed by atoms with Crippen molar-refractivity contribution in [3.63, 3.8) is 0 Å². The Kier molecular flexibility index (Phi) is 3.73. The van der Waals surface area contributed by atoms with Crippen molar-refractivity contribution in [1.29, 1.82) is 0 Å². The molecule has 0 bridgehead atoms. The number of nitrogens with two attached hydrogens (primary N) is 1. The highest BCUT2D eigenvalue weighted by atomic mass is 35.5. The summed E-state index contributed by atoms with van der Waals surface area (Å²) in [4.78, 5) is 0. The normalized spacial score (nSPS) is 12.7. The summed E-state index contributed by atoms with van der Waals surface area (Å²) in [6.45, 7) is 6.95. The number of benzene rings is 1. The fourth-order valence-electron chi connectivity index (χ4n) is 2.11. The molecule has 1 aromatic carbocycles. The van der Waals surface area contributed by atoms with Gasteiger partial charge in [0.1, 0.15) is 0 Å². The second kappa shape index (κ2) is 5.12. The summed E-state index contributed by atoms with van der Waals surface area (Å²) in [6.07, 6.45) is 1.88. The van der Waals surface area contributed by atoms with Crippen LogP contribution in [0, 0.1) is 6.92 Å². The average molecular weight is 264 g/mol. The molecule has 0 saturated carbocycles. The van der Waals surface area contributed by atoms with Gasteiger partial charge in [0.25, 0.3) is 0 Å². The molecule has 0 aliphatic carbocycles. The number of nitrogens with zero attached hydrogens (tertiary/aromatic N) is 2. The molecule has 0 saturated heterocycles. The van der Waals surface area contributed by atoms with E-state index in [4.69, 9.17) is 17.3 Å². The number of rotatable bonds is 3. The SMILES string of the molecule is CCn1ncc(-c2ccc(C(C)N)c(Cl)c2)c1C. The van der Waals surface area contributed by atoms with Gasteiger partial charge in [0, 0.05) is 28.9 Å². The van der Waals surface area contributed by atoms with Crippen LogP contribution in [-0.2, 0) is 6.54 Å². The highest BCUT2D eigenvalue weighted by Gasteiger charge is 2.11. The van der Waals surface area contributed by atoms with Crippen molar-refractivity contribution in [1.82, 2.24) is 9.78 Å². The molecule has 0 fully saturated rings. The first kappa shape index (κ1) is 13.1. The molecule has 0 aliphatic rings. The van der Waals surface area contributed by atoms with Crippen molar-refractivity contribution < 1.29 is 0 Å². The van der Waals surface area contributed by atoms with Crippen LogP contribution >= 0.6 is 11.6 Å². The van der Waals surface area contributed by atoms with E-state index in [2.05, 4.69) is 25.0 Å². The molecule has 96 valence electrons. The van der Waals surface area contributed by atoms with E-state index >= 15 is 0 Å². The molecule has 0 amide bonds. The fourth-order valence-corrected chi connectivity index (χ4v) is 2.47. The Morgan fingerprint density at radius 2 is 2.17 bits per heavy atom. The zero-order chi connectivity index (χ0) is 13.3. The summed E-state index contributed by atoms with van der Waals surface area (Å²) < 4.78 is 1.97. The molecule has 0 radical (unpaired) electrons. The van der Waals surface area contributed by atoms with E-state index in [1.165, 1.54) is 0 Å². The minimum Gasteiger partial charge on any atom is -0.324 e. The Morgan fingerprint density at radius 1 is 1.44 bits per heavy atom. The van der Waals surface area contributed by atoms with Gasteiger partial charge in [-0.1, -0.05) is 23.7 Å². The van der Waals surface area contributed by atoms with Crippen molar-refractivity contribution in [2.45, 2.75) is 33.4 Å². The molecule has 0 spiro atoms. The monoisotopic (exact) mass is 263 g/mol. The van der Waals surface area contributed by atoms with Crippen molar-refractivity contribution in [2.24, 2.45) is 5.73 Å². The largest absolute Gasteiger partial charge is 0.324 e. The number of hydrogen-bond donors (Lipinski definition) is 1. The van der Waals surface area contributed by atoms with Gasteiger partial charge in [-0.25, -0.2) is 0 Å². The molecule has 0 aliphatic heterocycles. The van der Waals surface area contributed by atoms with Gasteiger partial charge in [-0.15, -0.1) is 0 Å². The number of aryl methyl sites for hydroxylation is 1. The number of halogens is 1. The van der Waals surface area contributed by atoms with E-state index in [0.717, 1.165) is 28.9 Å². The minimum absolute atomic E-state index is 0.0500. The molecule has 4 heteroatoms. The first-order valence-electron chi connectivity index (χ1n) is 6.12. The molecule has 2 N–H and O–H groups in total. The predicted molar refractivity (Wildman–Crippen MR) is 75.7 cm³/mol. The minimum atomic E-state index is -0.0500. The Balaban J connectivity index is 2.45. The van der Waals surface area contributed by atoms with Crippen molar-refractivity contribution >= 4 is 11.6 Å². The molecule has 1 unspecified atom stereocenters. The Bertz CT molecular complexity index is 558. The van der Waals surface area contributed by atoms with Crippen molar-refractivity contribution in [3.05, 3.63) is 40.7 Å². The summed E-state index contributed by atoms with van der Waals surface area (Å²) in [6, 6.07) is 5.95. The first-order chi connectivity index (χ1) is 8.54. The van der Waals surface area contributed by atoms with Crippen LogP contribution in [-0.4, -0.2) is 9.78 Å². The van der Waals surface area contributed by atoms with E-state index in [0.29, 0.717) is 5.02 Å². The van der Waals surface area contributed by atoms with Gasteiger partial charge in [-0.05, 0) is 38.0 Å². The maximum Gasteiger partial charge on any atom is 0.0571 e. The second-order valence-electron chi connectivity index (χ2n) is 4.48. The van der Waals surface area contributed by atoms with E-state index in [1.807, 2.05) is 29.9 Å². The third kappa shape index (κ3) is 2.28. The molecule has 3 nitrogen and oxygen atoms in total. The molecular formula is C14H18ClN3. The summed E-state index contributed by atoms with van der Waals surface area (Å²) in [5.41, 5.74) is 10.2. The standard InChI is InChI=1S/C14H18ClN3/c1-4-18-10(3)13(8-17-18)11-5-6-12(9(2)16)14(15)7-11/h5-9H,4,16H2,1-3H3. The van der Waals surface area contributed by atoms with Crippen LogP contribution in [0.2, 0.25) is 5.02 Å². The van der Waals surface area contributed by atoms with E-state index < -0.39 is 0 Å². The third-order valence-electron chi connectivity index (χ3n) is 3.20. The molecule has 1 atom stereocenters. The lowest BCUT2D eigenvalue weighted by molar-refractivity contribution is 0.640. The van der Waals surface area contributed by atoms with E-state index in [9.17, 15) is 0 Å². The summed E-state index contributed by atoms with van der Waals surface area (Å²) in [7, 11) is 0. The zero-order valence-electron chi connectivity index (χ0n) is 10.9. The Hall–Kier alpha value is -1.32. The maximum absolute atomic E-state index is 6.26. The summed E-state index contributed by atoms with van der Waals surface area (Å²) in [5.74, 6) is 0. The van der Waals surface area contributed by atoms with Gasteiger partial charge < -0.3 is 5.73 Å². The molecule has 1 aromatic heterocycles. The smallest absolute Gasteiger partial charge is 0.0571 e. The van der Waals surface area contributed by atoms with Gasteiger partial charge >= 0.3 is 0 Å². The highest BCUT2D eigenvalue weighted by Crippen LogP contribution is 2.29. The predicted octanol–water partition coefficient (Wildman–Crippen LogP) is 3.55. The molecule has 2 rings (SSSR count). The third-order valence-corrected chi connectivity index (χ3v) is 3.53. The van der Waals surface area contributed by atoms with Crippen LogP contribution in [0.3, 0.4) is 0 Å². The van der Waals surface area contributed by atoms with Crippen LogP contribution < -0.4 is 5.73 Å². The van der Waals surface area contributed by atoms with Gasteiger partial charge in [-0.3, -0.25) is 4.68 Å². The molecular weight excluding hydrogens is 246 g/mol. The maximum atomic E-state index is 6.26. The summed E-state index contributed by atoms with van der Waals surface area (Å²) in [5, 5.41) is 5.06. The van der Waals surface area contributed by atoms with Gasteiger partial charge in [-0.2, -0.15) is 5.10 Å². The van der Waals surface area contributed by atoms with Crippen molar-refractivity contribution in [2.75, 3.05) is 0 Å². The topological polar surface area (TPSA) is 43.8 Å². The molecule has 2 aromatic rings. The van der Waals surface area contributed by atoms with E-state index in [1.54, 1.807) is 0 Å². The lowest BCUT2D eigenvalue weighted by Gasteiger charge is -2.10. The summed E-state index contributed by atoms with van der Waals surface area (Å²) >= 11 is 6.26. The lowest BCUT2D eigenvalue weighted by atomic mass is 10.0. The van der Waals surface area contributed by atoms with Crippen LogP contribution in [0.15, 0.2) is 24.4 Å². The van der Waals surface area contributed by atoms with Crippen LogP contribution in [0.5, 0.6) is 0 Å². The Morgan fingerprint density at radius 3 is 2.67 bits per heavy atom. The highest BCUT2D eigenvalue weighted by molar-refractivity contribution is 6.31. The van der Waals surface area contributed by atoms with E-state index in [-0.39, 0.29) is 6.04 Å². The molecule has 1 heterocycles. The van der Waals surface area contributed by atoms with Crippen LogP contribution in [0.25, 0.3) is 11.1 Å².